The largest absolute Gasteiger partial charge is 0.444 e. The van der Waals surface area contributed by atoms with E-state index in [1.165, 1.54) is 25.9 Å². The number of likely N-dealkylation sites (tertiary alicyclic amines) is 1. The first kappa shape index (κ1) is 20.2. The van der Waals surface area contributed by atoms with Gasteiger partial charge in [-0.25, -0.2) is 4.79 Å². The molecule has 0 aromatic rings. The molecule has 1 aliphatic rings. The molecule has 1 unspecified atom stereocenters. The summed E-state index contributed by atoms with van der Waals surface area (Å²) in [5, 5.41) is 6.36. The average molecular weight is 329 g/mol. The standard InChI is InChI=1S/C17H35N3O3/c1-17(2,3)23-16(21)19-9-7-8-15(14-22-4)18-10-13-20-11-5-6-12-20/h15,18H,5-14H2,1-4H3,(H,19,21). The molecule has 6 heteroatoms. The molecule has 1 heterocycles. The fourth-order valence-corrected chi connectivity index (χ4v) is 2.73. The molecular weight excluding hydrogens is 294 g/mol. The summed E-state index contributed by atoms with van der Waals surface area (Å²) in [6, 6.07) is 0.336. The Bertz CT molecular complexity index is 326. The first-order chi connectivity index (χ1) is 10.9. The van der Waals surface area contributed by atoms with Gasteiger partial charge in [-0.1, -0.05) is 0 Å². The Morgan fingerprint density at radius 1 is 1.22 bits per heavy atom. The first-order valence-corrected chi connectivity index (χ1v) is 8.82. The Kier molecular flexibility index (Phi) is 9.52. The van der Waals surface area contributed by atoms with Gasteiger partial charge >= 0.3 is 6.09 Å². The molecule has 0 bridgehead atoms. The molecule has 1 saturated heterocycles. The summed E-state index contributed by atoms with van der Waals surface area (Å²) >= 11 is 0. The van der Waals surface area contributed by atoms with Crippen LogP contribution in [0.25, 0.3) is 0 Å². The van der Waals surface area contributed by atoms with Gasteiger partial charge in [-0.3, -0.25) is 0 Å². The van der Waals surface area contributed by atoms with Crippen molar-refractivity contribution in [2.75, 3.05) is 46.4 Å². The van der Waals surface area contributed by atoms with Crippen LogP contribution in [-0.4, -0.2) is 69.1 Å². The third kappa shape index (κ3) is 10.5. The van der Waals surface area contributed by atoms with E-state index in [0.717, 1.165) is 25.9 Å². The van der Waals surface area contributed by atoms with Crippen LogP contribution in [0.5, 0.6) is 0 Å². The Morgan fingerprint density at radius 2 is 1.91 bits per heavy atom. The molecule has 2 N–H and O–H groups in total. The second-order valence-corrected chi connectivity index (χ2v) is 7.23. The quantitative estimate of drug-likeness (QED) is 0.600. The minimum absolute atomic E-state index is 0.336. The van der Waals surface area contributed by atoms with Crippen LogP contribution >= 0.6 is 0 Å². The van der Waals surface area contributed by atoms with E-state index in [-0.39, 0.29) is 6.09 Å². The van der Waals surface area contributed by atoms with Gasteiger partial charge in [0.25, 0.3) is 0 Å². The number of ether oxygens (including phenoxy) is 2. The van der Waals surface area contributed by atoms with E-state index in [4.69, 9.17) is 9.47 Å². The summed E-state index contributed by atoms with van der Waals surface area (Å²) in [7, 11) is 1.73. The minimum Gasteiger partial charge on any atom is -0.444 e. The smallest absolute Gasteiger partial charge is 0.407 e. The first-order valence-electron chi connectivity index (χ1n) is 8.82. The molecule has 1 atom stereocenters. The van der Waals surface area contributed by atoms with E-state index in [1.54, 1.807) is 7.11 Å². The SMILES string of the molecule is COCC(CCCNC(=O)OC(C)(C)C)NCCN1CCCC1. The molecule has 23 heavy (non-hydrogen) atoms. The molecule has 1 rings (SSSR count). The minimum atomic E-state index is -0.445. The molecule has 0 saturated carbocycles. The fourth-order valence-electron chi connectivity index (χ4n) is 2.73. The lowest BCUT2D eigenvalue weighted by Gasteiger charge is -2.21. The van der Waals surface area contributed by atoms with Gasteiger partial charge in [0, 0.05) is 32.8 Å². The van der Waals surface area contributed by atoms with E-state index in [9.17, 15) is 4.79 Å². The van der Waals surface area contributed by atoms with Crippen molar-refractivity contribution in [1.82, 2.24) is 15.5 Å². The summed E-state index contributed by atoms with van der Waals surface area (Å²) in [6.07, 6.45) is 4.20. The molecule has 0 aromatic carbocycles. The molecule has 6 nitrogen and oxygen atoms in total. The highest BCUT2D eigenvalue weighted by Gasteiger charge is 2.16. The topological polar surface area (TPSA) is 62.8 Å². The fraction of sp³-hybridized carbons (Fsp3) is 0.941. The lowest BCUT2D eigenvalue weighted by molar-refractivity contribution is 0.0526. The number of carbonyl (C=O) groups is 1. The Balaban J connectivity index is 2.10. The maximum atomic E-state index is 11.6. The maximum absolute atomic E-state index is 11.6. The molecule has 1 aliphatic heterocycles. The number of carbonyl (C=O) groups excluding carboxylic acids is 1. The van der Waals surface area contributed by atoms with Gasteiger partial charge in [0.1, 0.15) is 5.60 Å². The maximum Gasteiger partial charge on any atom is 0.407 e. The number of amides is 1. The number of rotatable bonds is 10. The van der Waals surface area contributed by atoms with E-state index >= 15 is 0 Å². The van der Waals surface area contributed by atoms with Crippen molar-refractivity contribution >= 4 is 6.09 Å². The Labute approximate surface area is 141 Å². The van der Waals surface area contributed by atoms with Crippen LogP contribution in [0.15, 0.2) is 0 Å². The summed E-state index contributed by atoms with van der Waals surface area (Å²) in [5.41, 5.74) is -0.445. The molecule has 1 fully saturated rings. The molecule has 0 aromatic heterocycles. The van der Waals surface area contributed by atoms with Crippen LogP contribution in [0.4, 0.5) is 4.79 Å². The zero-order valence-corrected chi connectivity index (χ0v) is 15.3. The predicted molar refractivity (Wildman–Crippen MR) is 92.8 cm³/mol. The highest BCUT2D eigenvalue weighted by atomic mass is 16.6. The zero-order valence-electron chi connectivity index (χ0n) is 15.3. The van der Waals surface area contributed by atoms with Crippen molar-refractivity contribution in [2.24, 2.45) is 0 Å². The van der Waals surface area contributed by atoms with Crippen LogP contribution in [0.1, 0.15) is 46.5 Å². The van der Waals surface area contributed by atoms with Gasteiger partial charge in [0.05, 0.1) is 6.61 Å². The van der Waals surface area contributed by atoms with Crippen molar-refractivity contribution < 1.29 is 14.3 Å². The lowest BCUT2D eigenvalue weighted by Crippen LogP contribution is -2.39. The third-order valence-electron chi connectivity index (χ3n) is 3.83. The van der Waals surface area contributed by atoms with Crippen LogP contribution in [0, 0.1) is 0 Å². The molecular formula is C17H35N3O3. The van der Waals surface area contributed by atoms with Crippen LogP contribution in [0.2, 0.25) is 0 Å². The van der Waals surface area contributed by atoms with E-state index < -0.39 is 5.60 Å². The summed E-state index contributed by atoms with van der Waals surface area (Å²) in [5.74, 6) is 0. The monoisotopic (exact) mass is 329 g/mol. The second kappa shape index (κ2) is 10.8. The number of nitrogens with zero attached hydrogens (tertiary/aromatic N) is 1. The number of hydrogen-bond donors (Lipinski definition) is 2. The molecule has 1 amide bonds. The Morgan fingerprint density at radius 3 is 2.52 bits per heavy atom. The highest BCUT2D eigenvalue weighted by Crippen LogP contribution is 2.07. The average Bonchev–Trinajstić information content (AvgIpc) is 2.94. The number of methoxy groups -OCH3 is 1. The van der Waals surface area contributed by atoms with Crippen molar-refractivity contribution in [3.8, 4) is 0 Å². The molecule has 0 aliphatic carbocycles. The summed E-state index contributed by atoms with van der Waals surface area (Å²) < 4.78 is 10.5. The zero-order chi connectivity index (χ0) is 17.1. The van der Waals surface area contributed by atoms with E-state index in [1.807, 2.05) is 20.8 Å². The van der Waals surface area contributed by atoms with Crippen molar-refractivity contribution in [1.29, 1.82) is 0 Å². The molecule has 0 radical (unpaired) electrons. The van der Waals surface area contributed by atoms with E-state index in [2.05, 4.69) is 15.5 Å². The number of alkyl carbamates (subject to hydrolysis) is 1. The second-order valence-electron chi connectivity index (χ2n) is 7.23. The molecule has 0 spiro atoms. The lowest BCUT2D eigenvalue weighted by atomic mass is 10.1. The van der Waals surface area contributed by atoms with Crippen molar-refractivity contribution in [3.05, 3.63) is 0 Å². The van der Waals surface area contributed by atoms with Gasteiger partial charge in [0.2, 0.25) is 0 Å². The van der Waals surface area contributed by atoms with Crippen molar-refractivity contribution in [2.45, 2.75) is 58.1 Å². The van der Waals surface area contributed by atoms with Gasteiger partial charge in [-0.2, -0.15) is 0 Å². The van der Waals surface area contributed by atoms with Gasteiger partial charge in [-0.05, 0) is 59.5 Å². The summed E-state index contributed by atoms with van der Waals surface area (Å²) in [6.45, 7) is 11.5. The van der Waals surface area contributed by atoms with Gasteiger partial charge < -0.3 is 25.0 Å². The van der Waals surface area contributed by atoms with Crippen LogP contribution < -0.4 is 10.6 Å². The predicted octanol–water partition coefficient (Wildman–Crippen LogP) is 1.99. The Hall–Kier alpha value is -0.850. The van der Waals surface area contributed by atoms with Gasteiger partial charge in [-0.15, -0.1) is 0 Å². The number of nitrogens with one attached hydrogen (secondary N) is 2. The van der Waals surface area contributed by atoms with E-state index in [0.29, 0.717) is 19.2 Å². The van der Waals surface area contributed by atoms with Gasteiger partial charge in [0.15, 0.2) is 0 Å². The number of hydrogen-bond acceptors (Lipinski definition) is 5. The molecule has 136 valence electrons. The normalized spacial score (nSPS) is 17.2. The van der Waals surface area contributed by atoms with Crippen LogP contribution in [0.3, 0.4) is 0 Å². The van der Waals surface area contributed by atoms with Crippen molar-refractivity contribution in [3.63, 3.8) is 0 Å². The van der Waals surface area contributed by atoms with Crippen LogP contribution in [-0.2, 0) is 9.47 Å². The summed E-state index contributed by atoms with van der Waals surface area (Å²) in [4.78, 5) is 14.1. The third-order valence-corrected chi connectivity index (χ3v) is 3.83. The highest BCUT2D eigenvalue weighted by molar-refractivity contribution is 5.67.